The number of carboxylic acid groups (broad SMARTS) is 1. The van der Waals surface area contributed by atoms with Crippen LogP contribution in [0.1, 0.15) is 18.4 Å². The van der Waals surface area contributed by atoms with Gasteiger partial charge in [-0.2, -0.15) is 0 Å². The van der Waals surface area contributed by atoms with Gasteiger partial charge >= 0.3 is 5.97 Å². The molecule has 1 aliphatic heterocycles. The Morgan fingerprint density at radius 2 is 1.86 bits per heavy atom. The fourth-order valence-electron chi connectivity index (χ4n) is 2.97. The quantitative estimate of drug-likeness (QED) is 0.933. The summed E-state index contributed by atoms with van der Waals surface area (Å²) in [6, 6.07) is 7.63. The Balaban J connectivity index is 1.90. The van der Waals surface area contributed by atoms with Crippen molar-refractivity contribution in [2.45, 2.75) is 25.8 Å². The van der Waals surface area contributed by atoms with Crippen molar-refractivity contribution in [2.75, 3.05) is 13.1 Å². The second-order valence-electron chi connectivity index (χ2n) is 5.46. The minimum absolute atomic E-state index is 0.0224. The molecule has 0 bridgehead atoms. The maximum Gasteiger partial charge on any atom is 0.307 e. The first-order chi connectivity index (χ1) is 10.1. The zero-order valence-electron chi connectivity index (χ0n) is 11.8. The number of fused-ring (bicyclic) bond motifs is 1. The van der Waals surface area contributed by atoms with Crippen LogP contribution in [0.2, 0.25) is 0 Å². The highest BCUT2D eigenvalue weighted by atomic mass is 16.4. The Labute approximate surface area is 122 Å². The molecular formula is C16H18N2O3. The van der Waals surface area contributed by atoms with Crippen molar-refractivity contribution in [3.8, 4) is 0 Å². The summed E-state index contributed by atoms with van der Waals surface area (Å²) in [6.45, 7) is 1.94. The van der Waals surface area contributed by atoms with E-state index in [-0.39, 0.29) is 18.9 Å². The largest absolute Gasteiger partial charge is 0.481 e. The molecule has 2 heterocycles. The summed E-state index contributed by atoms with van der Waals surface area (Å²) >= 11 is 0. The van der Waals surface area contributed by atoms with Gasteiger partial charge in [0.25, 0.3) is 0 Å². The number of carbonyl (C=O) groups excluding carboxylic acids is 1. The first kappa shape index (κ1) is 13.7. The lowest BCUT2D eigenvalue weighted by atomic mass is 10.1. The number of rotatable bonds is 4. The molecule has 110 valence electrons. The average molecular weight is 286 g/mol. The molecule has 3 rings (SSSR count). The van der Waals surface area contributed by atoms with Gasteiger partial charge in [0.15, 0.2) is 0 Å². The summed E-state index contributed by atoms with van der Waals surface area (Å²) in [4.78, 5) is 25.1. The molecule has 1 amide bonds. The SMILES string of the molecule is O=C(O)Cc1cn(CC(=O)N2CCCC2)c2ccccc12. The average Bonchev–Trinajstić information content (AvgIpc) is 3.08. The van der Waals surface area contributed by atoms with Gasteiger partial charge in [0, 0.05) is 30.2 Å². The minimum Gasteiger partial charge on any atom is -0.481 e. The van der Waals surface area contributed by atoms with Crippen molar-refractivity contribution in [3.63, 3.8) is 0 Å². The predicted molar refractivity (Wildman–Crippen MR) is 79.1 cm³/mol. The number of nitrogens with zero attached hydrogens (tertiary/aromatic N) is 2. The summed E-state index contributed by atoms with van der Waals surface area (Å²) in [5.74, 6) is -0.751. The molecule has 0 aliphatic carbocycles. The number of para-hydroxylation sites is 1. The molecule has 21 heavy (non-hydrogen) atoms. The first-order valence-corrected chi connectivity index (χ1v) is 7.21. The van der Waals surface area contributed by atoms with Crippen LogP contribution in [0.4, 0.5) is 0 Å². The second-order valence-corrected chi connectivity index (χ2v) is 5.46. The molecule has 1 saturated heterocycles. The van der Waals surface area contributed by atoms with Crippen LogP contribution in [-0.4, -0.2) is 39.5 Å². The molecule has 0 spiro atoms. The van der Waals surface area contributed by atoms with Crippen molar-refractivity contribution < 1.29 is 14.7 Å². The maximum atomic E-state index is 12.3. The van der Waals surface area contributed by atoms with Crippen molar-refractivity contribution in [1.82, 2.24) is 9.47 Å². The van der Waals surface area contributed by atoms with Gasteiger partial charge in [-0.3, -0.25) is 9.59 Å². The zero-order valence-corrected chi connectivity index (χ0v) is 11.8. The molecule has 1 aromatic carbocycles. The lowest BCUT2D eigenvalue weighted by Gasteiger charge is -2.16. The minimum atomic E-state index is -0.858. The second kappa shape index (κ2) is 5.60. The van der Waals surface area contributed by atoms with Crippen molar-refractivity contribution in [2.24, 2.45) is 0 Å². The molecule has 0 unspecified atom stereocenters. The van der Waals surface area contributed by atoms with Crippen LogP contribution in [0.25, 0.3) is 10.9 Å². The van der Waals surface area contributed by atoms with Gasteiger partial charge in [0.05, 0.1) is 6.42 Å². The summed E-state index contributed by atoms with van der Waals surface area (Å²) in [7, 11) is 0. The standard InChI is InChI=1S/C16H18N2O3/c19-15(17-7-3-4-8-17)11-18-10-12(9-16(20)21)13-5-1-2-6-14(13)18/h1-2,5-6,10H,3-4,7-9,11H2,(H,20,21). The topological polar surface area (TPSA) is 62.5 Å². The van der Waals surface area contributed by atoms with Gasteiger partial charge in [-0.25, -0.2) is 0 Å². The molecule has 1 N–H and O–H groups in total. The third-order valence-corrected chi connectivity index (χ3v) is 3.98. The number of carbonyl (C=O) groups is 2. The Bertz CT molecular complexity index is 684. The Morgan fingerprint density at radius 1 is 1.14 bits per heavy atom. The molecule has 1 aliphatic rings. The highest BCUT2D eigenvalue weighted by molar-refractivity contribution is 5.89. The summed E-state index contributed by atoms with van der Waals surface area (Å²) in [6.07, 6.45) is 3.92. The number of benzene rings is 1. The van der Waals surface area contributed by atoms with Crippen LogP contribution >= 0.6 is 0 Å². The van der Waals surface area contributed by atoms with E-state index in [1.807, 2.05) is 33.7 Å². The van der Waals surface area contributed by atoms with E-state index < -0.39 is 5.97 Å². The van der Waals surface area contributed by atoms with E-state index in [1.165, 1.54) is 0 Å². The van der Waals surface area contributed by atoms with Crippen molar-refractivity contribution >= 4 is 22.8 Å². The van der Waals surface area contributed by atoms with E-state index in [0.29, 0.717) is 0 Å². The third-order valence-electron chi connectivity index (χ3n) is 3.98. The van der Waals surface area contributed by atoms with Gasteiger partial charge < -0.3 is 14.6 Å². The Kier molecular flexibility index (Phi) is 3.64. The number of hydrogen-bond donors (Lipinski definition) is 1. The van der Waals surface area contributed by atoms with Gasteiger partial charge in [0.2, 0.25) is 5.91 Å². The lowest BCUT2D eigenvalue weighted by Crippen LogP contribution is -2.30. The van der Waals surface area contributed by atoms with E-state index in [0.717, 1.165) is 42.4 Å². The third kappa shape index (κ3) is 2.77. The van der Waals surface area contributed by atoms with Crippen molar-refractivity contribution in [1.29, 1.82) is 0 Å². The summed E-state index contributed by atoms with van der Waals surface area (Å²) < 4.78 is 1.87. The number of aromatic nitrogens is 1. The van der Waals surface area contributed by atoms with Crippen LogP contribution in [0.3, 0.4) is 0 Å². The van der Waals surface area contributed by atoms with E-state index in [2.05, 4.69) is 0 Å². The van der Waals surface area contributed by atoms with Crippen LogP contribution in [0.15, 0.2) is 30.5 Å². The zero-order chi connectivity index (χ0) is 14.8. The Hall–Kier alpha value is -2.30. The fourth-order valence-corrected chi connectivity index (χ4v) is 2.97. The van der Waals surface area contributed by atoms with E-state index in [1.54, 1.807) is 6.20 Å². The van der Waals surface area contributed by atoms with Crippen LogP contribution in [-0.2, 0) is 22.6 Å². The molecule has 0 atom stereocenters. The monoisotopic (exact) mass is 286 g/mol. The number of amides is 1. The van der Waals surface area contributed by atoms with Crippen molar-refractivity contribution in [3.05, 3.63) is 36.0 Å². The summed E-state index contributed by atoms with van der Waals surface area (Å²) in [5.41, 5.74) is 1.67. The molecule has 2 aromatic rings. The predicted octanol–water partition coefficient (Wildman–Crippen LogP) is 1.89. The normalized spacial score (nSPS) is 14.8. The molecule has 1 fully saturated rings. The molecule has 0 saturated carbocycles. The Morgan fingerprint density at radius 3 is 2.57 bits per heavy atom. The van der Waals surface area contributed by atoms with Gasteiger partial charge in [-0.1, -0.05) is 18.2 Å². The van der Waals surface area contributed by atoms with Crippen LogP contribution < -0.4 is 0 Å². The first-order valence-electron chi connectivity index (χ1n) is 7.21. The number of aliphatic carboxylic acids is 1. The lowest BCUT2D eigenvalue weighted by molar-refractivity contribution is -0.136. The van der Waals surface area contributed by atoms with Gasteiger partial charge in [-0.05, 0) is 24.5 Å². The van der Waals surface area contributed by atoms with E-state index in [9.17, 15) is 9.59 Å². The van der Waals surface area contributed by atoms with Crippen LogP contribution in [0, 0.1) is 0 Å². The van der Waals surface area contributed by atoms with Gasteiger partial charge in [-0.15, -0.1) is 0 Å². The maximum absolute atomic E-state index is 12.3. The molecule has 0 radical (unpaired) electrons. The fraction of sp³-hybridized carbons (Fsp3) is 0.375. The number of likely N-dealkylation sites (tertiary alicyclic amines) is 1. The number of carboxylic acids is 1. The smallest absolute Gasteiger partial charge is 0.307 e. The van der Waals surface area contributed by atoms with E-state index in [4.69, 9.17) is 5.11 Å². The highest BCUT2D eigenvalue weighted by Crippen LogP contribution is 2.22. The molecule has 5 heteroatoms. The molecular weight excluding hydrogens is 268 g/mol. The molecule has 5 nitrogen and oxygen atoms in total. The highest BCUT2D eigenvalue weighted by Gasteiger charge is 2.19. The molecule has 1 aromatic heterocycles. The van der Waals surface area contributed by atoms with E-state index >= 15 is 0 Å². The number of hydrogen-bond acceptors (Lipinski definition) is 2. The van der Waals surface area contributed by atoms with Gasteiger partial charge in [0.1, 0.15) is 6.54 Å². The summed E-state index contributed by atoms with van der Waals surface area (Å²) in [5, 5.41) is 9.92. The van der Waals surface area contributed by atoms with Crippen LogP contribution in [0.5, 0.6) is 0 Å².